The molecule has 0 unspecified atom stereocenters. The zero-order valence-electron chi connectivity index (χ0n) is 15.9. The number of carbonyl (C=O) groups is 1. The van der Waals surface area contributed by atoms with Crippen molar-refractivity contribution in [1.82, 2.24) is 9.78 Å². The number of benzene rings is 2. The first-order valence-corrected chi connectivity index (χ1v) is 10.1. The van der Waals surface area contributed by atoms with E-state index in [0.717, 1.165) is 10.7 Å². The zero-order valence-corrected chi connectivity index (χ0v) is 16.7. The van der Waals surface area contributed by atoms with Crippen LogP contribution < -0.4 is 10.0 Å². The van der Waals surface area contributed by atoms with Gasteiger partial charge in [-0.05, 0) is 42.5 Å². The van der Waals surface area contributed by atoms with Crippen LogP contribution in [-0.2, 0) is 21.0 Å². The summed E-state index contributed by atoms with van der Waals surface area (Å²) in [6.45, 7) is 1.37. The third kappa shape index (κ3) is 4.36. The Hall–Kier alpha value is -3.18. The van der Waals surface area contributed by atoms with Crippen LogP contribution in [0.2, 0.25) is 0 Å². The number of nitrogens with two attached hydrogens (primary N) is 1. The molecule has 0 fully saturated rings. The van der Waals surface area contributed by atoms with E-state index in [2.05, 4.69) is 5.10 Å². The van der Waals surface area contributed by atoms with Gasteiger partial charge in [0, 0.05) is 25.2 Å². The average Bonchev–Trinajstić information content (AvgIpc) is 3.13. The lowest BCUT2D eigenvalue weighted by Gasteiger charge is -2.16. The number of alkyl halides is 3. The number of primary sulfonamides is 1. The highest BCUT2D eigenvalue weighted by Crippen LogP contribution is 2.34. The minimum absolute atomic E-state index is 0.115. The quantitative estimate of drug-likeness (QED) is 0.676. The van der Waals surface area contributed by atoms with Crippen LogP contribution in [0.5, 0.6) is 0 Å². The lowest BCUT2D eigenvalue weighted by Crippen LogP contribution is -2.22. The zero-order chi connectivity index (χ0) is 22.3. The molecule has 2 N–H and O–H groups in total. The molecular weight excluding hydrogens is 421 g/mol. The van der Waals surface area contributed by atoms with Gasteiger partial charge in [0.15, 0.2) is 5.69 Å². The summed E-state index contributed by atoms with van der Waals surface area (Å²) < 4.78 is 63.9. The van der Waals surface area contributed by atoms with E-state index >= 15 is 0 Å². The van der Waals surface area contributed by atoms with Crippen molar-refractivity contribution in [2.24, 2.45) is 5.14 Å². The third-order valence-corrected chi connectivity index (χ3v) is 5.34. The number of hydrogen-bond donors (Lipinski definition) is 1. The van der Waals surface area contributed by atoms with Gasteiger partial charge >= 0.3 is 6.18 Å². The fraction of sp³-hybridized carbons (Fsp3) is 0.158. The summed E-state index contributed by atoms with van der Waals surface area (Å²) in [7, 11) is -2.41. The second kappa shape index (κ2) is 7.58. The van der Waals surface area contributed by atoms with Crippen LogP contribution in [0.3, 0.4) is 0 Å². The number of nitrogens with zero attached hydrogens (tertiary/aromatic N) is 3. The molecule has 0 bridgehead atoms. The van der Waals surface area contributed by atoms with Gasteiger partial charge in [0.25, 0.3) is 0 Å². The highest BCUT2D eigenvalue weighted by Gasteiger charge is 2.35. The Morgan fingerprint density at radius 1 is 1.10 bits per heavy atom. The Morgan fingerprint density at radius 3 is 2.27 bits per heavy atom. The predicted molar refractivity (Wildman–Crippen MR) is 104 cm³/mol. The fourth-order valence-electron chi connectivity index (χ4n) is 2.75. The first kappa shape index (κ1) is 21.5. The molecule has 0 saturated heterocycles. The highest BCUT2D eigenvalue weighted by molar-refractivity contribution is 7.89. The molecule has 0 saturated carbocycles. The molecular formula is C19H17F3N4O3S. The van der Waals surface area contributed by atoms with E-state index in [9.17, 15) is 26.4 Å². The molecule has 0 atom stereocenters. The van der Waals surface area contributed by atoms with Gasteiger partial charge in [0.05, 0.1) is 16.3 Å². The number of sulfonamides is 1. The first-order valence-electron chi connectivity index (χ1n) is 8.53. The van der Waals surface area contributed by atoms with Crippen LogP contribution in [-0.4, -0.2) is 31.2 Å². The van der Waals surface area contributed by atoms with Gasteiger partial charge in [-0.2, -0.15) is 18.3 Å². The van der Waals surface area contributed by atoms with Crippen molar-refractivity contribution in [3.05, 3.63) is 60.3 Å². The standard InChI is InChI=1S/C19H17F3N4O3S/c1-12(27)25(2)15-5-3-4-13(10-15)17-11-18(19(20,21)22)24-26(17)14-6-8-16(9-7-14)30(23,28)29/h3-11H,1-2H3,(H2,23,28,29). The Morgan fingerprint density at radius 2 is 1.73 bits per heavy atom. The van der Waals surface area contributed by atoms with E-state index in [-0.39, 0.29) is 22.2 Å². The van der Waals surface area contributed by atoms with Gasteiger partial charge in [0.1, 0.15) is 0 Å². The third-order valence-electron chi connectivity index (χ3n) is 4.41. The Kier molecular flexibility index (Phi) is 5.44. The van der Waals surface area contributed by atoms with E-state index in [0.29, 0.717) is 11.3 Å². The van der Waals surface area contributed by atoms with Gasteiger partial charge in [0.2, 0.25) is 15.9 Å². The van der Waals surface area contributed by atoms with Crippen molar-refractivity contribution in [3.63, 3.8) is 0 Å². The second-order valence-electron chi connectivity index (χ2n) is 6.49. The second-order valence-corrected chi connectivity index (χ2v) is 8.05. The fourth-order valence-corrected chi connectivity index (χ4v) is 3.27. The largest absolute Gasteiger partial charge is 0.435 e. The Balaban J connectivity index is 2.17. The number of anilines is 1. The van der Waals surface area contributed by atoms with E-state index in [1.165, 1.54) is 36.1 Å². The highest BCUT2D eigenvalue weighted by atomic mass is 32.2. The number of halogens is 3. The van der Waals surface area contributed by atoms with Crippen molar-refractivity contribution < 1.29 is 26.4 Å². The summed E-state index contributed by atoms with van der Waals surface area (Å²) >= 11 is 0. The molecule has 0 aliphatic heterocycles. The Labute approximate surface area is 170 Å². The molecule has 158 valence electrons. The van der Waals surface area contributed by atoms with E-state index in [1.54, 1.807) is 31.3 Å². The molecule has 3 rings (SSSR count). The summed E-state index contributed by atoms with van der Waals surface area (Å²) in [5, 5.41) is 8.73. The van der Waals surface area contributed by atoms with Gasteiger partial charge in [-0.3, -0.25) is 4.79 Å². The molecule has 1 amide bonds. The topological polar surface area (TPSA) is 98.3 Å². The summed E-state index contributed by atoms with van der Waals surface area (Å²) in [5.74, 6) is -0.241. The van der Waals surface area contributed by atoms with Gasteiger partial charge < -0.3 is 4.90 Å². The molecule has 0 aliphatic rings. The maximum atomic E-state index is 13.3. The smallest absolute Gasteiger partial charge is 0.316 e. The molecule has 0 aliphatic carbocycles. The van der Waals surface area contributed by atoms with E-state index < -0.39 is 21.9 Å². The lowest BCUT2D eigenvalue weighted by molar-refractivity contribution is -0.141. The summed E-state index contributed by atoms with van der Waals surface area (Å²) in [4.78, 5) is 12.8. The maximum Gasteiger partial charge on any atom is 0.435 e. The van der Waals surface area contributed by atoms with E-state index in [4.69, 9.17) is 5.14 Å². The van der Waals surface area contributed by atoms with E-state index in [1.807, 2.05) is 0 Å². The van der Waals surface area contributed by atoms with Crippen molar-refractivity contribution in [3.8, 4) is 16.9 Å². The van der Waals surface area contributed by atoms with Gasteiger partial charge in [-0.1, -0.05) is 12.1 Å². The Bertz CT molecular complexity index is 1200. The molecule has 11 heteroatoms. The first-order chi connectivity index (χ1) is 13.9. The summed E-state index contributed by atoms with van der Waals surface area (Å²) in [6.07, 6.45) is -4.69. The molecule has 3 aromatic rings. The molecule has 0 spiro atoms. The molecule has 30 heavy (non-hydrogen) atoms. The number of amides is 1. The van der Waals surface area contributed by atoms with Crippen molar-refractivity contribution in [2.45, 2.75) is 18.0 Å². The SMILES string of the molecule is CC(=O)N(C)c1cccc(-c2cc(C(F)(F)F)nn2-c2ccc(S(N)(=O)=O)cc2)c1. The van der Waals surface area contributed by atoms with Gasteiger partial charge in [-0.25, -0.2) is 18.2 Å². The molecule has 7 nitrogen and oxygen atoms in total. The number of carbonyl (C=O) groups excluding carboxylic acids is 1. The predicted octanol–water partition coefficient (Wildman–Crippen LogP) is 3.19. The summed E-state index contributed by atoms with van der Waals surface area (Å²) in [5.41, 5.74) is 0.0889. The summed E-state index contributed by atoms with van der Waals surface area (Å²) in [6, 6.07) is 12.3. The van der Waals surface area contributed by atoms with Crippen LogP contribution >= 0.6 is 0 Å². The minimum Gasteiger partial charge on any atom is -0.316 e. The lowest BCUT2D eigenvalue weighted by atomic mass is 10.1. The molecule has 0 radical (unpaired) electrons. The number of hydrogen-bond acceptors (Lipinski definition) is 4. The van der Waals surface area contributed by atoms with Crippen LogP contribution in [0.4, 0.5) is 18.9 Å². The maximum absolute atomic E-state index is 13.3. The minimum atomic E-state index is -4.69. The average molecular weight is 438 g/mol. The van der Waals surface area contributed by atoms with Crippen LogP contribution in [0, 0.1) is 0 Å². The number of aromatic nitrogens is 2. The van der Waals surface area contributed by atoms with Crippen molar-refractivity contribution >= 4 is 21.6 Å². The van der Waals surface area contributed by atoms with Crippen molar-refractivity contribution in [2.75, 3.05) is 11.9 Å². The monoisotopic (exact) mass is 438 g/mol. The van der Waals surface area contributed by atoms with Crippen molar-refractivity contribution in [1.29, 1.82) is 0 Å². The van der Waals surface area contributed by atoms with Crippen LogP contribution in [0.1, 0.15) is 12.6 Å². The molecule has 1 heterocycles. The van der Waals surface area contributed by atoms with Crippen LogP contribution in [0.15, 0.2) is 59.5 Å². The van der Waals surface area contributed by atoms with Crippen LogP contribution in [0.25, 0.3) is 16.9 Å². The van der Waals surface area contributed by atoms with Gasteiger partial charge in [-0.15, -0.1) is 0 Å². The molecule has 1 aromatic heterocycles. The normalized spacial score (nSPS) is 12.1. The molecule has 2 aromatic carbocycles. The number of rotatable bonds is 4.